The standard InChI is InChI=1S/5C6H12.2C4H8O2/c5*1-2-4-6-5-3-1;2*1-3-6-4(2)5/h5*1-6H2;2*3H2,1-2H3. The van der Waals surface area contributed by atoms with Crippen LogP contribution in [-0.2, 0) is 19.1 Å². The molecule has 5 aliphatic carbocycles. The van der Waals surface area contributed by atoms with Crippen LogP contribution in [0.4, 0.5) is 0 Å². The van der Waals surface area contributed by atoms with Crippen molar-refractivity contribution in [2.24, 2.45) is 0 Å². The van der Waals surface area contributed by atoms with Crippen LogP contribution >= 0.6 is 0 Å². The van der Waals surface area contributed by atoms with Gasteiger partial charge in [-0.05, 0) is 13.8 Å². The van der Waals surface area contributed by atoms with Gasteiger partial charge in [0.05, 0.1) is 13.2 Å². The molecular weight excluding hydrogens is 520 g/mol. The predicted molar refractivity (Wildman–Crippen MR) is 183 cm³/mol. The SMILES string of the molecule is C1CCCCC1.C1CCCCC1.C1CCCCC1.C1CCCCC1.C1CCCCC1.CCOC(C)=O.CCOC(C)=O. The maximum Gasteiger partial charge on any atom is 0.302 e. The van der Waals surface area contributed by atoms with Crippen molar-refractivity contribution < 1.29 is 19.1 Å². The van der Waals surface area contributed by atoms with Crippen LogP contribution in [0.25, 0.3) is 0 Å². The first-order valence-corrected chi connectivity index (χ1v) is 18.8. The Kier molecular flexibility index (Phi) is 41.0. The zero-order valence-electron chi connectivity index (χ0n) is 29.3. The largest absolute Gasteiger partial charge is 0.466 e. The van der Waals surface area contributed by atoms with E-state index in [1.165, 1.54) is 206 Å². The van der Waals surface area contributed by atoms with Crippen LogP contribution in [0.2, 0.25) is 0 Å². The minimum atomic E-state index is -0.211. The van der Waals surface area contributed by atoms with E-state index < -0.39 is 0 Å². The van der Waals surface area contributed by atoms with Crippen LogP contribution in [0.15, 0.2) is 0 Å². The van der Waals surface area contributed by atoms with Gasteiger partial charge in [0.25, 0.3) is 0 Å². The molecule has 4 heteroatoms. The van der Waals surface area contributed by atoms with Crippen LogP contribution in [0.1, 0.15) is 220 Å². The second-order valence-electron chi connectivity index (χ2n) is 12.5. The summed E-state index contributed by atoms with van der Waals surface area (Å²) in [6, 6.07) is 0. The third-order valence-electron chi connectivity index (χ3n) is 8.20. The van der Waals surface area contributed by atoms with Crippen LogP contribution in [0.5, 0.6) is 0 Å². The molecule has 5 rings (SSSR count). The van der Waals surface area contributed by atoms with E-state index in [1.54, 1.807) is 13.8 Å². The summed E-state index contributed by atoms with van der Waals surface area (Å²) in [7, 11) is 0. The van der Waals surface area contributed by atoms with Crippen LogP contribution in [0, 0.1) is 0 Å². The van der Waals surface area contributed by atoms with E-state index in [9.17, 15) is 9.59 Å². The fraction of sp³-hybridized carbons (Fsp3) is 0.947. The normalized spacial score (nSPS) is 19.3. The molecule has 0 aromatic carbocycles. The van der Waals surface area contributed by atoms with E-state index in [-0.39, 0.29) is 11.9 Å². The quantitative estimate of drug-likeness (QED) is 0.297. The van der Waals surface area contributed by atoms with Gasteiger partial charge in [-0.3, -0.25) is 9.59 Å². The fourth-order valence-electron chi connectivity index (χ4n) is 5.71. The number of carbonyl (C=O) groups is 2. The highest BCUT2D eigenvalue weighted by Crippen LogP contribution is 2.17. The zero-order valence-corrected chi connectivity index (χ0v) is 29.3. The van der Waals surface area contributed by atoms with Gasteiger partial charge < -0.3 is 9.47 Å². The molecule has 0 atom stereocenters. The van der Waals surface area contributed by atoms with Gasteiger partial charge in [0.1, 0.15) is 0 Å². The third-order valence-corrected chi connectivity index (χ3v) is 8.20. The van der Waals surface area contributed by atoms with Gasteiger partial charge in [0, 0.05) is 13.8 Å². The van der Waals surface area contributed by atoms with Gasteiger partial charge in [-0.25, -0.2) is 0 Å². The van der Waals surface area contributed by atoms with E-state index >= 15 is 0 Å². The van der Waals surface area contributed by atoms with Gasteiger partial charge >= 0.3 is 11.9 Å². The number of hydrogen-bond donors (Lipinski definition) is 0. The lowest BCUT2D eigenvalue weighted by Crippen LogP contribution is -1.95. The Balaban J connectivity index is 0. The van der Waals surface area contributed by atoms with Crippen LogP contribution in [0.3, 0.4) is 0 Å². The topological polar surface area (TPSA) is 52.6 Å². The van der Waals surface area contributed by atoms with Crippen LogP contribution in [-0.4, -0.2) is 25.2 Å². The number of hydrogen-bond acceptors (Lipinski definition) is 4. The molecule has 0 bridgehead atoms. The zero-order chi connectivity index (χ0) is 31.2. The molecule has 0 aromatic rings. The molecule has 5 fully saturated rings. The van der Waals surface area contributed by atoms with Gasteiger partial charge in [-0.2, -0.15) is 0 Å². The lowest BCUT2D eigenvalue weighted by molar-refractivity contribution is -0.141. The summed E-state index contributed by atoms with van der Waals surface area (Å²) in [6.07, 6.45) is 45.0. The number of ether oxygens (including phenoxy) is 2. The summed E-state index contributed by atoms with van der Waals surface area (Å²) in [5.74, 6) is -0.421. The smallest absolute Gasteiger partial charge is 0.302 e. The van der Waals surface area contributed by atoms with Crippen molar-refractivity contribution >= 4 is 11.9 Å². The molecule has 0 spiro atoms. The van der Waals surface area contributed by atoms with Crippen molar-refractivity contribution in [2.45, 2.75) is 220 Å². The fourth-order valence-corrected chi connectivity index (χ4v) is 5.71. The first kappa shape index (κ1) is 43.1. The molecule has 0 aliphatic heterocycles. The van der Waals surface area contributed by atoms with Crippen molar-refractivity contribution in [3.8, 4) is 0 Å². The number of carbonyl (C=O) groups excluding carboxylic acids is 2. The van der Waals surface area contributed by atoms with Crippen molar-refractivity contribution in [2.75, 3.05) is 13.2 Å². The molecule has 0 unspecified atom stereocenters. The molecule has 0 N–H and O–H groups in total. The van der Waals surface area contributed by atoms with E-state index in [0.717, 1.165) is 0 Å². The minimum Gasteiger partial charge on any atom is -0.466 e. The molecular formula is C38H76O4. The molecule has 42 heavy (non-hydrogen) atoms. The Hall–Kier alpha value is -1.06. The Morgan fingerprint density at radius 2 is 0.405 bits per heavy atom. The maximum absolute atomic E-state index is 9.82. The lowest BCUT2D eigenvalue weighted by atomic mass is 10.0. The molecule has 0 radical (unpaired) electrons. The van der Waals surface area contributed by atoms with E-state index in [0.29, 0.717) is 13.2 Å². The van der Waals surface area contributed by atoms with Gasteiger partial charge in [0.2, 0.25) is 0 Å². The van der Waals surface area contributed by atoms with Crippen molar-refractivity contribution in [1.82, 2.24) is 0 Å². The van der Waals surface area contributed by atoms with E-state index in [1.807, 2.05) is 0 Å². The summed E-state index contributed by atoms with van der Waals surface area (Å²) >= 11 is 0. The summed E-state index contributed by atoms with van der Waals surface area (Å²) in [5, 5.41) is 0. The predicted octanol–water partition coefficient (Wildman–Crippen LogP) is 12.8. The van der Waals surface area contributed by atoms with Crippen molar-refractivity contribution in [1.29, 1.82) is 0 Å². The maximum atomic E-state index is 9.82. The Bertz CT molecular complexity index is 356. The second kappa shape index (κ2) is 39.9. The minimum absolute atomic E-state index is 0.211. The Morgan fingerprint density at radius 3 is 0.429 bits per heavy atom. The van der Waals surface area contributed by atoms with Gasteiger partial charge in [-0.15, -0.1) is 0 Å². The molecule has 0 amide bonds. The average molecular weight is 597 g/mol. The molecule has 0 aromatic heterocycles. The van der Waals surface area contributed by atoms with E-state index in [4.69, 9.17) is 0 Å². The highest BCUT2D eigenvalue weighted by atomic mass is 16.5. The number of rotatable bonds is 2. The molecule has 252 valence electrons. The number of esters is 2. The molecule has 0 heterocycles. The first-order valence-electron chi connectivity index (χ1n) is 18.8. The molecule has 5 saturated carbocycles. The highest BCUT2D eigenvalue weighted by Gasteiger charge is 1.98. The molecule has 0 saturated heterocycles. The van der Waals surface area contributed by atoms with Gasteiger partial charge in [0.15, 0.2) is 0 Å². The average Bonchev–Trinajstić information content (AvgIpc) is 3.07. The monoisotopic (exact) mass is 597 g/mol. The van der Waals surface area contributed by atoms with E-state index in [2.05, 4.69) is 9.47 Å². The van der Waals surface area contributed by atoms with Gasteiger partial charge in [-0.1, -0.05) is 193 Å². The summed E-state index contributed by atoms with van der Waals surface area (Å²) < 4.78 is 8.81. The summed E-state index contributed by atoms with van der Waals surface area (Å²) in [6.45, 7) is 7.31. The Morgan fingerprint density at radius 1 is 0.310 bits per heavy atom. The van der Waals surface area contributed by atoms with Crippen LogP contribution < -0.4 is 0 Å². The highest BCUT2D eigenvalue weighted by molar-refractivity contribution is 5.66. The lowest BCUT2D eigenvalue weighted by Gasteiger charge is -2.05. The molecule has 4 nitrogen and oxygen atoms in total. The first-order chi connectivity index (χ1) is 20.5. The molecule has 5 aliphatic rings. The van der Waals surface area contributed by atoms with Crippen molar-refractivity contribution in [3.63, 3.8) is 0 Å². The van der Waals surface area contributed by atoms with Crippen molar-refractivity contribution in [3.05, 3.63) is 0 Å². The Labute approximate surface area is 264 Å². The summed E-state index contributed by atoms with van der Waals surface area (Å²) in [5.41, 5.74) is 0. The third kappa shape index (κ3) is 45.9. The second-order valence-corrected chi connectivity index (χ2v) is 12.5. The summed E-state index contributed by atoms with van der Waals surface area (Å²) in [4.78, 5) is 19.6.